The Balaban J connectivity index is 1.29. The predicted molar refractivity (Wildman–Crippen MR) is 104 cm³/mol. The summed E-state index contributed by atoms with van der Waals surface area (Å²) >= 11 is 0. The van der Waals surface area contributed by atoms with Crippen LogP contribution in [-0.4, -0.2) is 55.0 Å². The molecule has 0 aromatic heterocycles. The summed E-state index contributed by atoms with van der Waals surface area (Å²) in [6.45, 7) is 3.93. The maximum atomic E-state index is 13.0. The van der Waals surface area contributed by atoms with Crippen LogP contribution in [0.25, 0.3) is 0 Å². The molecule has 1 aromatic rings. The van der Waals surface area contributed by atoms with Crippen LogP contribution in [0.1, 0.15) is 36.8 Å². The summed E-state index contributed by atoms with van der Waals surface area (Å²) in [4.78, 5) is 27.2. The second-order valence-electron chi connectivity index (χ2n) is 8.09. The summed E-state index contributed by atoms with van der Waals surface area (Å²) in [5, 5.41) is 9.73. The van der Waals surface area contributed by atoms with Crippen LogP contribution in [0.15, 0.2) is 24.3 Å². The molecule has 146 valence electrons. The van der Waals surface area contributed by atoms with E-state index in [4.69, 9.17) is 0 Å². The first-order valence-electron chi connectivity index (χ1n) is 10.3. The molecule has 3 aliphatic rings. The quantitative estimate of drug-likeness (QED) is 0.733. The highest BCUT2D eigenvalue weighted by molar-refractivity contribution is 5.83. The molecule has 0 spiro atoms. The van der Waals surface area contributed by atoms with Gasteiger partial charge in [0.25, 0.3) is 0 Å². The largest absolute Gasteiger partial charge is 0.354 e. The average Bonchev–Trinajstić information content (AvgIpc) is 3.26. The number of amides is 2. The lowest BCUT2D eigenvalue weighted by Crippen LogP contribution is -2.53. The lowest BCUT2D eigenvalue weighted by atomic mass is 9.93. The number of hydrogen-bond donors (Lipinski definition) is 3. The van der Waals surface area contributed by atoms with Crippen molar-refractivity contribution in [3.63, 3.8) is 0 Å². The third-order valence-electron chi connectivity index (χ3n) is 6.15. The summed E-state index contributed by atoms with van der Waals surface area (Å²) in [6, 6.07) is 8.19. The molecule has 0 bridgehead atoms. The van der Waals surface area contributed by atoms with Crippen molar-refractivity contribution >= 4 is 11.8 Å². The highest BCUT2D eigenvalue weighted by Gasteiger charge is 2.31. The average molecular weight is 370 g/mol. The molecule has 3 N–H and O–H groups in total. The zero-order chi connectivity index (χ0) is 18.6. The predicted octanol–water partition coefficient (Wildman–Crippen LogP) is 0.808. The smallest absolute Gasteiger partial charge is 0.240 e. The Morgan fingerprint density at radius 1 is 1.07 bits per heavy atom. The minimum absolute atomic E-state index is 0.0298. The van der Waals surface area contributed by atoms with Crippen LogP contribution < -0.4 is 16.0 Å². The van der Waals surface area contributed by atoms with Crippen molar-refractivity contribution in [2.45, 2.75) is 50.7 Å². The van der Waals surface area contributed by atoms with Gasteiger partial charge < -0.3 is 20.9 Å². The first-order chi connectivity index (χ1) is 13.2. The van der Waals surface area contributed by atoms with E-state index in [1.54, 1.807) is 0 Å². The molecular formula is C21H30N4O2. The molecule has 27 heavy (non-hydrogen) atoms. The van der Waals surface area contributed by atoms with E-state index in [1.807, 2.05) is 17.0 Å². The van der Waals surface area contributed by atoms with Crippen molar-refractivity contribution < 1.29 is 9.59 Å². The van der Waals surface area contributed by atoms with Crippen LogP contribution in [0.4, 0.5) is 0 Å². The molecule has 3 atom stereocenters. The lowest BCUT2D eigenvalue weighted by molar-refractivity contribution is -0.135. The van der Waals surface area contributed by atoms with Crippen LogP contribution in [-0.2, 0) is 22.6 Å². The number of nitrogens with one attached hydrogen (secondary N) is 3. The molecular weight excluding hydrogens is 340 g/mol. The van der Waals surface area contributed by atoms with E-state index < -0.39 is 0 Å². The van der Waals surface area contributed by atoms with Crippen LogP contribution in [0.2, 0.25) is 0 Å². The Morgan fingerprint density at radius 3 is 2.74 bits per heavy atom. The Hall–Kier alpha value is -1.92. The fraction of sp³-hybridized carbons (Fsp3) is 0.619. The van der Waals surface area contributed by atoms with E-state index >= 15 is 0 Å². The third-order valence-corrected chi connectivity index (χ3v) is 6.15. The molecule has 2 amide bonds. The summed E-state index contributed by atoms with van der Waals surface area (Å²) in [6.07, 6.45) is 4.85. The Kier molecular flexibility index (Phi) is 5.74. The molecule has 3 heterocycles. The minimum atomic E-state index is -0.129. The third kappa shape index (κ3) is 4.33. The van der Waals surface area contributed by atoms with Crippen molar-refractivity contribution in [2.75, 3.05) is 26.2 Å². The molecule has 3 aliphatic heterocycles. The summed E-state index contributed by atoms with van der Waals surface area (Å²) < 4.78 is 0. The molecule has 6 nitrogen and oxygen atoms in total. The van der Waals surface area contributed by atoms with E-state index in [9.17, 15) is 9.59 Å². The molecule has 4 rings (SSSR count). The van der Waals surface area contributed by atoms with Crippen LogP contribution in [0.5, 0.6) is 0 Å². The number of fused-ring (bicyclic) bond motifs is 1. The van der Waals surface area contributed by atoms with Gasteiger partial charge in [-0.3, -0.25) is 9.59 Å². The monoisotopic (exact) mass is 370 g/mol. The first-order valence-corrected chi connectivity index (χ1v) is 10.3. The van der Waals surface area contributed by atoms with E-state index in [-0.39, 0.29) is 23.9 Å². The van der Waals surface area contributed by atoms with Gasteiger partial charge in [0.1, 0.15) is 0 Å². The molecule has 6 heteroatoms. The van der Waals surface area contributed by atoms with Gasteiger partial charge in [0.15, 0.2) is 0 Å². The van der Waals surface area contributed by atoms with E-state index in [0.717, 1.165) is 58.3 Å². The van der Waals surface area contributed by atoms with Gasteiger partial charge in [0.2, 0.25) is 11.8 Å². The molecule has 2 fully saturated rings. The van der Waals surface area contributed by atoms with E-state index in [0.29, 0.717) is 12.5 Å². The van der Waals surface area contributed by atoms with Crippen molar-refractivity contribution in [3.05, 3.63) is 35.4 Å². The molecule has 0 saturated carbocycles. The fourth-order valence-corrected chi connectivity index (χ4v) is 4.56. The number of nitrogens with zero attached hydrogens (tertiary/aromatic N) is 1. The highest BCUT2D eigenvalue weighted by atomic mass is 16.2. The van der Waals surface area contributed by atoms with Gasteiger partial charge in [-0.25, -0.2) is 0 Å². The SMILES string of the molecule is O=C(NCC1CCCN(C(=O)C2Cc3ccccc3CN2)C1)C1CCCN1. The normalized spacial score (nSPS) is 27.9. The zero-order valence-electron chi connectivity index (χ0n) is 15.9. The minimum Gasteiger partial charge on any atom is -0.354 e. The molecule has 3 unspecified atom stereocenters. The van der Waals surface area contributed by atoms with Gasteiger partial charge >= 0.3 is 0 Å². The van der Waals surface area contributed by atoms with Gasteiger partial charge in [0.05, 0.1) is 12.1 Å². The molecule has 1 aromatic carbocycles. The van der Waals surface area contributed by atoms with Crippen molar-refractivity contribution in [2.24, 2.45) is 5.92 Å². The Bertz CT molecular complexity index is 687. The van der Waals surface area contributed by atoms with Crippen molar-refractivity contribution in [3.8, 4) is 0 Å². The number of piperidine rings is 1. The second kappa shape index (κ2) is 8.40. The van der Waals surface area contributed by atoms with Gasteiger partial charge in [-0.1, -0.05) is 24.3 Å². The number of likely N-dealkylation sites (tertiary alicyclic amines) is 1. The summed E-state index contributed by atoms with van der Waals surface area (Å²) in [7, 11) is 0. The number of carbonyl (C=O) groups excluding carboxylic acids is 2. The van der Waals surface area contributed by atoms with Gasteiger partial charge in [0, 0.05) is 26.2 Å². The first kappa shape index (κ1) is 18.4. The summed E-state index contributed by atoms with van der Waals surface area (Å²) in [5.74, 6) is 0.670. The fourth-order valence-electron chi connectivity index (χ4n) is 4.56. The Labute approximate surface area is 161 Å². The zero-order valence-corrected chi connectivity index (χ0v) is 15.9. The van der Waals surface area contributed by atoms with Crippen molar-refractivity contribution in [1.29, 1.82) is 0 Å². The van der Waals surface area contributed by atoms with Gasteiger partial charge in [-0.2, -0.15) is 0 Å². The molecule has 0 radical (unpaired) electrons. The number of hydrogen-bond acceptors (Lipinski definition) is 4. The maximum absolute atomic E-state index is 13.0. The Morgan fingerprint density at radius 2 is 1.93 bits per heavy atom. The maximum Gasteiger partial charge on any atom is 0.240 e. The van der Waals surface area contributed by atoms with Crippen LogP contribution >= 0.6 is 0 Å². The molecule has 2 saturated heterocycles. The number of rotatable bonds is 4. The number of benzene rings is 1. The lowest BCUT2D eigenvalue weighted by Gasteiger charge is -2.36. The van der Waals surface area contributed by atoms with Crippen molar-refractivity contribution in [1.82, 2.24) is 20.9 Å². The standard InChI is InChI=1S/C21H30N4O2/c26-20(18-8-3-9-22-18)24-12-15-5-4-10-25(14-15)21(27)19-11-16-6-1-2-7-17(16)13-23-19/h1-2,6-7,15,18-19,22-23H,3-5,8-14H2,(H,24,26). The second-order valence-corrected chi connectivity index (χ2v) is 8.09. The van der Waals surface area contributed by atoms with E-state index in [2.05, 4.69) is 28.1 Å². The highest BCUT2D eigenvalue weighted by Crippen LogP contribution is 2.21. The van der Waals surface area contributed by atoms with Gasteiger partial charge in [-0.15, -0.1) is 0 Å². The van der Waals surface area contributed by atoms with Crippen LogP contribution in [0.3, 0.4) is 0 Å². The summed E-state index contributed by atoms with van der Waals surface area (Å²) in [5.41, 5.74) is 2.57. The topological polar surface area (TPSA) is 73.5 Å². The van der Waals surface area contributed by atoms with E-state index in [1.165, 1.54) is 11.1 Å². The van der Waals surface area contributed by atoms with Gasteiger partial charge in [-0.05, 0) is 55.7 Å². The number of carbonyl (C=O) groups is 2. The molecule has 0 aliphatic carbocycles. The van der Waals surface area contributed by atoms with Crippen LogP contribution in [0, 0.1) is 5.92 Å².